The number of hydrogen-bond acceptors (Lipinski definition) is 2. The van der Waals surface area contributed by atoms with Crippen LogP contribution in [0.2, 0.25) is 0 Å². The molecule has 1 heterocycles. The maximum absolute atomic E-state index is 12.1. The highest BCUT2D eigenvalue weighted by Crippen LogP contribution is 2.38. The van der Waals surface area contributed by atoms with Gasteiger partial charge in [0.05, 0.1) is 0 Å². The Balaban J connectivity index is 1.91. The summed E-state index contributed by atoms with van der Waals surface area (Å²) in [4.78, 5) is 26.3. The fourth-order valence-corrected chi connectivity index (χ4v) is 2.55. The number of carbonyl (C=O) groups is 2. The standard InChI is InChI=1S/C12H20N2O3/c1-8-6-9(8)7-13(2)12(17)14-5-3-4-10(14)11(15)16/h8-10H,3-7H2,1-2H3,(H,15,16)/t8?,9?,10-/m0/s1. The number of likely N-dealkylation sites (tertiary alicyclic amines) is 1. The van der Waals surface area contributed by atoms with E-state index in [2.05, 4.69) is 6.92 Å². The summed E-state index contributed by atoms with van der Waals surface area (Å²) in [5.74, 6) is 0.429. The summed E-state index contributed by atoms with van der Waals surface area (Å²) in [5.41, 5.74) is 0. The Kier molecular flexibility index (Phi) is 3.26. The number of amides is 2. The Morgan fingerprint density at radius 2 is 2.12 bits per heavy atom. The van der Waals surface area contributed by atoms with Crippen LogP contribution in [0, 0.1) is 11.8 Å². The van der Waals surface area contributed by atoms with E-state index in [1.165, 1.54) is 11.3 Å². The molecule has 1 saturated heterocycles. The van der Waals surface area contributed by atoms with Crippen molar-refractivity contribution in [3.05, 3.63) is 0 Å². The topological polar surface area (TPSA) is 60.9 Å². The molecule has 2 fully saturated rings. The second-order valence-electron chi connectivity index (χ2n) is 5.33. The maximum atomic E-state index is 12.1. The molecular formula is C12H20N2O3. The molecule has 0 aromatic heterocycles. The van der Waals surface area contributed by atoms with Crippen LogP contribution in [-0.4, -0.2) is 53.1 Å². The molecule has 17 heavy (non-hydrogen) atoms. The normalized spacial score (nSPS) is 31.4. The van der Waals surface area contributed by atoms with E-state index in [1.54, 1.807) is 11.9 Å². The molecule has 2 rings (SSSR count). The fourth-order valence-electron chi connectivity index (χ4n) is 2.55. The van der Waals surface area contributed by atoms with E-state index in [0.717, 1.165) is 13.0 Å². The van der Waals surface area contributed by atoms with Gasteiger partial charge in [0, 0.05) is 20.1 Å². The van der Waals surface area contributed by atoms with Crippen molar-refractivity contribution in [1.82, 2.24) is 9.80 Å². The summed E-state index contributed by atoms with van der Waals surface area (Å²) in [7, 11) is 1.77. The number of nitrogens with zero attached hydrogens (tertiary/aromatic N) is 2. The first-order chi connectivity index (χ1) is 8.00. The summed E-state index contributed by atoms with van der Waals surface area (Å²) < 4.78 is 0. The highest BCUT2D eigenvalue weighted by atomic mass is 16.4. The van der Waals surface area contributed by atoms with Crippen LogP contribution in [0.25, 0.3) is 0 Å². The molecule has 0 spiro atoms. The molecule has 2 unspecified atom stereocenters. The van der Waals surface area contributed by atoms with E-state index in [4.69, 9.17) is 5.11 Å². The van der Waals surface area contributed by atoms with Gasteiger partial charge in [-0.05, 0) is 31.1 Å². The zero-order valence-electron chi connectivity index (χ0n) is 10.4. The fraction of sp³-hybridized carbons (Fsp3) is 0.833. The Morgan fingerprint density at radius 3 is 2.65 bits per heavy atom. The van der Waals surface area contributed by atoms with Crippen molar-refractivity contribution in [2.24, 2.45) is 11.8 Å². The van der Waals surface area contributed by atoms with Gasteiger partial charge < -0.3 is 14.9 Å². The lowest BCUT2D eigenvalue weighted by molar-refractivity contribution is -0.141. The summed E-state index contributed by atoms with van der Waals surface area (Å²) in [5, 5.41) is 9.04. The van der Waals surface area contributed by atoms with E-state index < -0.39 is 12.0 Å². The lowest BCUT2D eigenvalue weighted by Gasteiger charge is -2.27. The van der Waals surface area contributed by atoms with Gasteiger partial charge in [-0.1, -0.05) is 6.92 Å². The Hall–Kier alpha value is -1.26. The molecule has 0 aromatic carbocycles. The molecule has 1 aliphatic carbocycles. The van der Waals surface area contributed by atoms with Gasteiger partial charge in [-0.2, -0.15) is 0 Å². The van der Waals surface area contributed by atoms with E-state index in [0.29, 0.717) is 24.8 Å². The SMILES string of the molecule is CC1CC1CN(C)C(=O)N1CCC[C@H]1C(=O)O. The molecule has 96 valence electrons. The van der Waals surface area contributed by atoms with Crippen molar-refractivity contribution in [3.63, 3.8) is 0 Å². The third kappa shape index (κ3) is 2.53. The molecule has 5 heteroatoms. The van der Waals surface area contributed by atoms with Crippen LogP contribution in [0.5, 0.6) is 0 Å². The first-order valence-electron chi connectivity index (χ1n) is 6.25. The van der Waals surface area contributed by atoms with Crippen LogP contribution in [0.1, 0.15) is 26.2 Å². The molecule has 0 aromatic rings. The molecule has 2 aliphatic rings. The number of hydrogen-bond donors (Lipinski definition) is 1. The monoisotopic (exact) mass is 240 g/mol. The van der Waals surface area contributed by atoms with Crippen molar-refractivity contribution in [2.45, 2.75) is 32.2 Å². The number of carboxylic acid groups (broad SMARTS) is 1. The van der Waals surface area contributed by atoms with Crippen LogP contribution in [0.15, 0.2) is 0 Å². The van der Waals surface area contributed by atoms with Crippen molar-refractivity contribution in [2.75, 3.05) is 20.1 Å². The smallest absolute Gasteiger partial charge is 0.326 e. The molecule has 3 atom stereocenters. The third-order valence-corrected chi connectivity index (χ3v) is 3.89. The minimum atomic E-state index is -0.885. The molecule has 0 bridgehead atoms. The average Bonchev–Trinajstić information content (AvgIpc) is 2.82. The van der Waals surface area contributed by atoms with Gasteiger partial charge in [0.15, 0.2) is 0 Å². The number of carboxylic acids is 1. The number of carbonyl (C=O) groups excluding carboxylic acids is 1. The van der Waals surface area contributed by atoms with Crippen molar-refractivity contribution < 1.29 is 14.7 Å². The molecule has 1 N–H and O–H groups in total. The Labute approximate surface area is 101 Å². The van der Waals surface area contributed by atoms with E-state index >= 15 is 0 Å². The van der Waals surface area contributed by atoms with E-state index in [-0.39, 0.29) is 6.03 Å². The largest absolute Gasteiger partial charge is 0.480 e. The van der Waals surface area contributed by atoms with Gasteiger partial charge in [-0.3, -0.25) is 0 Å². The number of rotatable bonds is 3. The Bertz CT molecular complexity index is 332. The zero-order chi connectivity index (χ0) is 12.6. The first-order valence-corrected chi connectivity index (χ1v) is 6.25. The van der Waals surface area contributed by atoms with E-state index in [1.807, 2.05) is 0 Å². The van der Waals surface area contributed by atoms with Crippen LogP contribution in [0.4, 0.5) is 4.79 Å². The second kappa shape index (κ2) is 4.55. The summed E-state index contributed by atoms with van der Waals surface area (Å²) in [6, 6.07) is -0.754. The lowest BCUT2D eigenvalue weighted by Crippen LogP contribution is -2.47. The first kappa shape index (κ1) is 12.2. The molecule has 1 aliphatic heterocycles. The van der Waals surface area contributed by atoms with Crippen LogP contribution in [0.3, 0.4) is 0 Å². The number of urea groups is 1. The predicted molar refractivity (Wildman–Crippen MR) is 62.7 cm³/mol. The quantitative estimate of drug-likeness (QED) is 0.807. The maximum Gasteiger partial charge on any atom is 0.326 e. The van der Waals surface area contributed by atoms with Gasteiger partial charge in [0.2, 0.25) is 0 Å². The Morgan fingerprint density at radius 1 is 1.47 bits per heavy atom. The van der Waals surface area contributed by atoms with Gasteiger partial charge in [0.25, 0.3) is 0 Å². The van der Waals surface area contributed by atoms with Crippen LogP contribution in [-0.2, 0) is 4.79 Å². The molecule has 1 saturated carbocycles. The van der Waals surface area contributed by atoms with Crippen LogP contribution >= 0.6 is 0 Å². The number of aliphatic carboxylic acids is 1. The minimum absolute atomic E-state index is 0.131. The van der Waals surface area contributed by atoms with Crippen molar-refractivity contribution in [3.8, 4) is 0 Å². The van der Waals surface area contributed by atoms with E-state index in [9.17, 15) is 9.59 Å². The molecular weight excluding hydrogens is 220 g/mol. The molecule has 2 amide bonds. The highest BCUT2D eigenvalue weighted by Gasteiger charge is 2.38. The second-order valence-corrected chi connectivity index (χ2v) is 5.33. The van der Waals surface area contributed by atoms with Crippen molar-refractivity contribution >= 4 is 12.0 Å². The van der Waals surface area contributed by atoms with Crippen molar-refractivity contribution in [1.29, 1.82) is 0 Å². The van der Waals surface area contributed by atoms with Gasteiger partial charge in [-0.15, -0.1) is 0 Å². The molecule has 5 nitrogen and oxygen atoms in total. The predicted octanol–water partition coefficient (Wildman–Crippen LogP) is 1.24. The third-order valence-electron chi connectivity index (χ3n) is 3.89. The summed E-state index contributed by atoms with van der Waals surface area (Å²) in [6.45, 7) is 3.50. The van der Waals surface area contributed by atoms with Gasteiger partial charge >= 0.3 is 12.0 Å². The average molecular weight is 240 g/mol. The summed E-state index contributed by atoms with van der Waals surface area (Å²) in [6.07, 6.45) is 2.55. The van der Waals surface area contributed by atoms with Crippen LogP contribution < -0.4 is 0 Å². The lowest BCUT2D eigenvalue weighted by atomic mass is 10.2. The van der Waals surface area contributed by atoms with Gasteiger partial charge in [0.1, 0.15) is 6.04 Å². The molecule has 0 radical (unpaired) electrons. The zero-order valence-corrected chi connectivity index (χ0v) is 10.4. The summed E-state index contributed by atoms with van der Waals surface area (Å²) >= 11 is 0. The minimum Gasteiger partial charge on any atom is -0.480 e. The van der Waals surface area contributed by atoms with Gasteiger partial charge in [-0.25, -0.2) is 9.59 Å². The highest BCUT2D eigenvalue weighted by molar-refractivity contribution is 5.83.